The van der Waals surface area contributed by atoms with Gasteiger partial charge in [-0.3, -0.25) is 0 Å². The van der Waals surface area contributed by atoms with Gasteiger partial charge >= 0.3 is 0 Å². The van der Waals surface area contributed by atoms with Gasteiger partial charge in [-0.1, -0.05) is 161 Å². The number of rotatable bonds is 7. The van der Waals surface area contributed by atoms with E-state index in [9.17, 15) is 0 Å². The van der Waals surface area contributed by atoms with Crippen LogP contribution in [0.5, 0.6) is 0 Å². The Kier molecular flexibility index (Phi) is 9.69. The molecule has 0 radical (unpaired) electrons. The highest BCUT2D eigenvalue weighted by Crippen LogP contribution is 2.53. The van der Waals surface area contributed by atoms with Crippen LogP contribution in [0.2, 0.25) is 0 Å². The van der Waals surface area contributed by atoms with Crippen molar-refractivity contribution < 1.29 is 0 Å². The minimum atomic E-state index is -2.83. The van der Waals surface area contributed by atoms with Gasteiger partial charge in [0.25, 0.3) is 0 Å². The number of hydrogen-bond acceptors (Lipinski definition) is 2. The average molecular weight is 920 g/mol. The first-order chi connectivity index (χ1) is 33.8. The van der Waals surface area contributed by atoms with Crippen LogP contribution in [0.25, 0.3) is 55.0 Å². The molecule has 3 nitrogen and oxygen atoms in total. The molecule has 1 aliphatic rings. The topological polar surface area (TPSA) is 13.1 Å². The van der Waals surface area contributed by atoms with Crippen LogP contribution in [0.1, 0.15) is 22.3 Å². The highest BCUT2D eigenvalue weighted by Gasteiger charge is 2.42. The van der Waals surface area contributed by atoms with Crippen LogP contribution in [0, 0.1) is 27.7 Å². The van der Waals surface area contributed by atoms with Gasteiger partial charge < -0.3 is 14.0 Å². The molecule has 0 fully saturated rings. The lowest BCUT2D eigenvalue weighted by molar-refractivity contribution is 1.11. The Balaban J connectivity index is 1.05. The van der Waals surface area contributed by atoms with Gasteiger partial charge in [0.2, 0.25) is 0 Å². The Morgan fingerprint density at radius 3 is 1.04 bits per heavy atom. The Morgan fingerprint density at radius 1 is 0.304 bits per heavy atom. The molecule has 0 amide bonds. The van der Waals surface area contributed by atoms with Gasteiger partial charge in [0.1, 0.15) is 0 Å². The number of aromatic nitrogens is 2. The fraction of sp³-hybridized carbons (Fsp3) is 0.0625. The van der Waals surface area contributed by atoms with Gasteiger partial charge in [0.15, 0.2) is 8.07 Å². The van der Waals surface area contributed by atoms with Crippen molar-refractivity contribution in [1.29, 1.82) is 0 Å². The van der Waals surface area contributed by atoms with Crippen molar-refractivity contribution in [2.45, 2.75) is 37.5 Å². The van der Waals surface area contributed by atoms with Crippen molar-refractivity contribution in [3.8, 4) is 11.4 Å². The predicted molar refractivity (Wildman–Crippen MR) is 296 cm³/mol. The molecule has 0 saturated heterocycles. The number of fused-ring (bicyclic) bond motifs is 8. The Labute approximate surface area is 408 Å². The van der Waals surface area contributed by atoms with Crippen LogP contribution in [-0.4, -0.2) is 17.2 Å². The summed E-state index contributed by atoms with van der Waals surface area (Å²) in [7, 11) is -2.83. The second-order valence-corrected chi connectivity index (χ2v) is 23.8. The van der Waals surface area contributed by atoms with Gasteiger partial charge in [-0.2, -0.15) is 0 Å². The van der Waals surface area contributed by atoms with E-state index in [0.717, 1.165) is 17.1 Å². The van der Waals surface area contributed by atoms with E-state index in [-0.39, 0.29) is 0 Å². The van der Waals surface area contributed by atoms with Crippen LogP contribution in [0.4, 0.5) is 17.1 Å². The highest BCUT2D eigenvalue weighted by atomic mass is 32.2. The van der Waals surface area contributed by atoms with Crippen LogP contribution >= 0.6 is 11.8 Å². The summed E-state index contributed by atoms with van der Waals surface area (Å²) in [6.45, 7) is 8.76. The van der Waals surface area contributed by atoms with Crippen molar-refractivity contribution in [3.05, 3.63) is 247 Å². The second kappa shape index (κ2) is 16.2. The summed E-state index contributed by atoms with van der Waals surface area (Å²) < 4.78 is 4.92. The third kappa shape index (κ3) is 6.56. The van der Waals surface area contributed by atoms with Gasteiger partial charge in [-0.05, 0) is 146 Å². The minimum absolute atomic E-state index is 1.14. The van der Waals surface area contributed by atoms with E-state index in [1.165, 1.54) is 108 Å². The van der Waals surface area contributed by atoms with E-state index in [1.807, 2.05) is 11.8 Å². The quantitative estimate of drug-likeness (QED) is 0.117. The monoisotopic (exact) mass is 919 g/mol. The summed E-state index contributed by atoms with van der Waals surface area (Å²) in [6, 6.07) is 84.9. The molecule has 10 aromatic carbocycles. The average Bonchev–Trinajstić information content (AvgIpc) is 3.87. The van der Waals surface area contributed by atoms with E-state index in [2.05, 4.69) is 266 Å². The Morgan fingerprint density at radius 2 is 0.667 bits per heavy atom. The first-order valence-electron chi connectivity index (χ1n) is 23.9. The number of aryl methyl sites for hydroxylation is 4. The molecule has 0 spiro atoms. The zero-order chi connectivity index (χ0) is 46.4. The molecule has 3 heterocycles. The second-order valence-electron chi connectivity index (χ2n) is 18.9. The Hall–Kier alpha value is -7.83. The molecule has 0 bridgehead atoms. The summed E-state index contributed by atoms with van der Waals surface area (Å²) >= 11 is 1.88. The molecule has 5 heteroatoms. The fourth-order valence-corrected chi connectivity index (χ4v) is 17.3. The van der Waals surface area contributed by atoms with E-state index < -0.39 is 8.07 Å². The zero-order valence-corrected chi connectivity index (χ0v) is 40.9. The van der Waals surface area contributed by atoms with Crippen LogP contribution in [0.15, 0.2) is 234 Å². The maximum absolute atomic E-state index is 2.83. The summed E-state index contributed by atoms with van der Waals surface area (Å²) in [5.74, 6) is 0. The standard InChI is InChI=1S/C64H49N3SSi/c1-42-23-29-57-53(35-42)54-36-43(2)24-30-58(54)65(57)47-27-33-61-63(40-47)68-64-41-48(66-59-31-25-44(3)37-55(59)56-38-45(4)26-32-60(56)66)28-34-62(64)67(61)46-15-14-22-52(39-46)69(49-16-8-5-9-17-49,50-18-10-6-11-19-50)51-20-12-7-13-21-51/h5-41H,1-4H3. The smallest absolute Gasteiger partial charge is 0.179 e. The lowest BCUT2D eigenvalue weighted by atomic mass is 10.1. The number of anilines is 3. The maximum atomic E-state index is 2.52. The van der Waals surface area contributed by atoms with Crippen molar-refractivity contribution >= 4 is 101 Å². The molecule has 69 heavy (non-hydrogen) atoms. The van der Waals surface area contributed by atoms with E-state index in [0.29, 0.717) is 0 Å². The molecule has 12 aromatic rings. The largest absolute Gasteiger partial charge is 0.309 e. The van der Waals surface area contributed by atoms with E-state index >= 15 is 0 Å². The molecule has 13 rings (SSSR count). The first kappa shape index (κ1) is 41.4. The molecule has 330 valence electrons. The summed E-state index contributed by atoms with van der Waals surface area (Å²) in [5, 5.41) is 10.5. The lowest BCUT2D eigenvalue weighted by Gasteiger charge is -2.37. The molecule has 0 saturated carbocycles. The normalized spacial score (nSPS) is 12.6. The first-order valence-corrected chi connectivity index (χ1v) is 26.7. The SMILES string of the molecule is Cc1ccc2c(c1)c1cc(C)ccc1n2-c1ccc2c(c1)Sc1cc(-n3c4ccc(C)cc4c4cc(C)ccc43)ccc1N2c1cccc([Si](c2ccccc2)(c2ccccc2)c2ccccc2)c1. The Bertz CT molecular complexity index is 3590. The summed E-state index contributed by atoms with van der Waals surface area (Å²) in [4.78, 5) is 4.95. The molecule has 0 aliphatic carbocycles. The third-order valence-electron chi connectivity index (χ3n) is 14.4. The summed E-state index contributed by atoms with van der Waals surface area (Å²) in [6.07, 6.45) is 0. The summed E-state index contributed by atoms with van der Waals surface area (Å²) in [5.41, 5.74) is 15.7. The van der Waals surface area contributed by atoms with Crippen LogP contribution in [0.3, 0.4) is 0 Å². The van der Waals surface area contributed by atoms with Gasteiger partial charge in [0, 0.05) is 48.4 Å². The molecule has 2 aromatic heterocycles. The lowest BCUT2D eigenvalue weighted by Crippen LogP contribution is -2.74. The van der Waals surface area contributed by atoms with E-state index in [1.54, 1.807) is 0 Å². The van der Waals surface area contributed by atoms with E-state index in [4.69, 9.17) is 0 Å². The van der Waals surface area contributed by atoms with Crippen molar-refractivity contribution in [1.82, 2.24) is 9.13 Å². The van der Waals surface area contributed by atoms with Gasteiger partial charge in [0.05, 0.1) is 33.4 Å². The molecule has 1 aliphatic heterocycles. The molecule has 0 atom stereocenters. The number of hydrogen-bond donors (Lipinski definition) is 0. The third-order valence-corrected chi connectivity index (χ3v) is 20.3. The number of nitrogens with zero attached hydrogens (tertiary/aromatic N) is 3. The van der Waals surface area contributed by atoms with Crippen LogP contribution in [-0.2, 0) is 0 Å². The maximum Gasteiger partial charge on any atom is 0.179 e. The van der Waals surface area contributed by atoms with Gasteiger partial charge in [-0.25, -0.2) is 0 Å². The van der Waals surface area contributed by atoms with Crippen molar-refractivity contribution in [2.75, 3.05) is 4.90 Å². The predicted octanol–water partition coefficient (Wildman–Crippen LogP) is 14.4. The molecular weight excluding hydrogens is 871 g/mol. The molecular formula is C64H49N3SSi. The van der Waals surface area contributed by atoms with Gasteiger partial charge in [-0.15, -0.1) is 0 Å². The van der Waals surface area contributed by atoms with Crippen LogP contribution < -0.4 is 25.6 Å². The zero-order valence-electron chi connectivity index (χ0n) is 39.1. The fourth-order valence-electron chi connectivity index (χ4n) is 11.3. The van der Waals surface area contributed by atoms with Crippen molar-refractivity contribution in [2.24, 2.45) is 0 Å². The number of benzene rings is 10. The molecule has 0 N–H and O–H groups in total. The highest BCUT2D eigenvalue weighted by molar-refractivity contribution is 7.99. The minimum Gasteiger partial charge on any atom is -0.309 e. The molecule has 0 unspecified atom stereocenters. The van der Waals surface area contributed by atoms with Crippen molar-refractivity contribution in [3.63, 3.8) is 0 Å².